The third-order valence-corrected chi connectivity index (χ3v) is 1.53. The van der Waals surface area contributed by atoms with Gasteiger partial charge >= 0.3 is 0 Å². The fraction of sp³-hybridized carbons (Fsp3) is 0.714. The monoisotopic (exact) mass is 132 g/mol. The maximum Gasteiger partial charge on any atom is 0.107 e. The van der Waals surface area contributed by atoms with Crippen LogP contribution in [0.1, 0.15) is 19.3 Å². The highest BCUT2D eigenvalue weighted by atomic mass is 19.1. The molecule has 2 unspecified atom stereocenters. The van der Waals surface area contributed by atoms with Crippen molar-refractivity contribution in [3.05, 3.63) is 12.2 Å². The Morgan fingerprint density at radius 3 is 2.00 bits per heavy atom. The Morgan fingerprint density at radius 1 is 1.22 bits per heavy atom. The molecule has 0 amide bonds. The first-order chi connectivity index (χ1) is 4.18. The molecule has 0 aromatic rings. The maximum atomic E-state index is 12.4. The minimum absolute atomic E-state index is 0.0685. The molecule has 0 aliphatic heterocycles. The molecule has 1 aliphatic rings. The van der Waals surface area contributed by atoms with Crippen molar-refractivity contribution in [2.24, 2.45) is 0 Å². The van der Waals surface area contributed by atoms with Crippen LogP contribution >= 0.6 is 0 Å². The summed E-state index contributed by atoms with van der Waals surface area (Å²) >= 11 is 0. The van der Waals surface area contributed by atoms with E-state index in [1.165, 1.54) is 0 Å². The van der Waals surface area contributed by atoms with Crippen molar-refractivity contribution >= 4 is 0 Å². The van der Waals surface area contributed by atoms with Crippen molar-refractivity contribution in [2.75, 3.05) is 0 Å². The van der Waals surface area contributed by atoms with E-state index in [1.807, 2.05) is 0 Å². The second-order valence-corrected chi connectivity index (χ2v) is 2.59. The van der Waals surface area contributed by atoms with E-state index in [1.54, 1.807) is 0 Å². The smallest absolute Gasteiger partial charge is 0.107 e. The summed E-state index contributed by atoms with van der Waals surface area (Å²) < 4.78 is 24.8. The molecule has 1 aliphatic carbocycles. The second kappa shape index (κ2) is 2.46. The molecule has 0 spiro atoms. The van der Waals surface area contributed by atoms with Gasteiger partial charge in [-0.05, 0) is 12.8 Å². The van der Waals surface area contributed by atoms with E-state index in [-0.39, 0.29) is 6.42 Å². The lowest BCUT2D eigenvalue weighted by Gasteiger charge is -2.19. The molecule has 0 radical (unpaired) electrons. The molecule has 9 heavy (non-hydrogen) atoms. The number of allylic oxidation sites excluding steroid dienone is 1. The van der Waals surface area contributed by atoms with Crippen molar-refractivity contribution in [3.8, 4) is 0 Å². The molecule has 0 N–H and O–H groups in total. The van der Waals surface area contributed by atoms with E-state index in [0.29, 0.717) is 18.4 Å². The number of hydrogen-bond donors (Lipinski definition) is 0. The van der Waals surface area contributed by atoms with Crippen molar-refractivity contribution < 1.29 is 8.78 Å². The Labute approximate surface area is 53.6 Å². The molecule has 0 bridgehead atoms. The predicted molar refractivity (Wildman–Crippen MR) is 32.8 cm³/mol. The first-order valence-corrected chi connectivity index (χ1v) is 3.13. The van der Waals surface area contributed by atoms with E-state index in [9.17, 15) is 8.78 Å². The Morgan fingerprint density at radius 2 is 1.67 bits per heavy atom. The van der Waals surface area contributed by atoms with Gasteiger partial charge in [0.15, 0.2) is 0 Å². The molecular formula is C7H10F2. The lowest BCUT2D eigenvalue weighted by Crippen LogP contribution is -2.18. The van der Waals surface area contributed by atoms with Crippen LogP contribution in [0.15, 0.2) is 12.2 Å². The number of hydrogen-bond acceptors (Lipinski definition) is 0. The Hall–Kier alpha value is -0.400. The standard InChI is InChI=1S/C7H10F2/c1-5-2-6(8)4-7(9)3-5/h6-7H,1-4H2. The highest BCUT2D eigenvalue weighted by molar-refractivity contribution is 5.02. The Bertz CT molecular complexity index is 108. The molecule has 2 heteroatoms. The van der Waals surface area contributed by atoms with Crippen LogP contribution in [0, 0.1) is 0 Å². The summed E-state index contributed by atoms with van der Waals surface area (Å²) in [5.74, 6) is 0. The molecule has 0 nitrogen and oxygen atoms in total. The predicted octanol–water partition coefficient (Wildman–Crippen LogP) is 2.40. The summed E-state index contributed by atoms with van der Waals surface area (Å²) in [5.41, 5.74) is 0.709. The van der Waals surface area contributed by atoms with E-state index in [4.69, 9.17) is 0 Å². The quantitative estimate of drug-likeness (QED) is 0.444. The average molecular weight is 132 g/mol. The molecule has 1 rings (SSSR count). The van der Waals surface area contributed by atoms with Gasteiger partial charge in [-0.1, -0.05) is 12.2 Å². The third-order valence-electron chi connectivity index (χ3n) is 1.53. The van der Waals surface area contributed by atoms with Crippen LogP contribution in [0.5, 0.6) is 0 Å². The molecule has 1 fully saturated rings. The van der Waals surface area contributed by atoms with Gasteiger partial charge in [0.05, 0.1) is 0 Å². The molecule has 0 heterocycles. The van der Waals surface area contributed by atoms with Crippen LogP contribution in [-0.2, 0) is 0 Å². The summed E-state index contributed by atoms with van der Waals surface area (Å²) in [5, 5.41) is 0. The van der Waals surface area contributed by atoms with Gasteiger partial charge in [0, 0.05) is 6.42 Å². The minimum Gasteiger partial charge on any atom is -0.247 e. The van der Waals surface area contributed by atoms with Gasteiger partial charge in [-0.25, -0.2) is 8.78 Å². The summed E-state index contributed by atoms with van der Waals surface area (Å²) in [7, 11) is 0. The molecule has 0 aromatic carbocycles. The topological polar surface area (TPSA) is 0 Å². The maximum absolute atomic E-state index is 12.4. The molecular weight excluding hydrogens is 122 g/mol. The van der Waals surface area contributed by atoms with Crippen LogP contribution in [0.3, 0.4) is 0 Å². The minimum atomic E-state index is -0.985. The average Bonchev–Trinajstić information content (AvgIpc) is 1.59. The number of alkyl halides is 2. The van der Waals surface area contributed by atoms with Gasteiger partial charge in [-0.15, -0.1) is 0 Å². The third kappa shape index (κ3) is 1.77. The van der Waals surface area contributed by atoms with Gasteiger partial charge in [0.2, 0.25) is 0 Å². The Balaban J connectivity index is 2.43. The fourth-order valence-corrected chi connectivity index (χ4v) is 1.15. The van der Waals surface area contributed by atoms with Gasteiger partial charge in [0.25, 0.3) is 0 Å². The van der Waals surface area contributed by atoms with E-state index >= 15 is 0 Å². The van der Waals surface area contributed by atoms with Crippen molar-refractivity contribution in [1.82, 2.24) is 0 Å². The van der Waals surface area contributed by atoms with Crippen LogP contribution < -0.4 is 0 Å². The zero-order valence-corrected chi connectivity index (χ0v) is 5.24. The molecule has 0 saturated heterocycles. The van der Waals surface area contributed by atoms with Crippen molar-refractivity contribution in [3.63, 3.8) is 0 Å². The van der Waals surface area contributed by atoms with E-state index in [0.717, 1.165) is 0 Å². The number of rotatable bonds is 0. The summed E-state index contributed by atoms with van der Waals surface area (Å²) in [6, 6.07) is 0. The highest BCUT2D eigenvalue weighted by Gasteiger charge is 2.22. The first kappa shape index (κ1) is 6.72. The zero-order valence-electron chi connectivity index (χ0n) is 5.24. The van der Waals surface area contributed by atoms with Crippen LogP contribution in [0.4, 0.5) is 8.78 Å². The van der Waals surface area contributed by atoms with Gasteiger partial charge < -0.3 is 0 Å². The fourth-order valence-electron chi connectivity index (χ4n) is 1.15. The molecule has 0 aromatic heterocycles. The normalized spacial score (nSPS) is 36.9. The molecule has 2 atom stereocenters. The number of halogens is 2. The lowest BCUT2D eigenvalue weighted by atomic mass is 9.93. The first-order valence-electron chi connectivity index (χ1n) is 3.13. The lowest BCUT2D eigenvalue weighted by molar-refractivity contribution is 0.189. The van der Waals surface area contributed by atoms with Crippen molar-refractivity contribution in [2.45, 2.75) is 31.6 Å². The summed E-state index contributed by atoms with van der Waals surface area (Å²) in [6.45, 7) is 3.54. The SMILES string of the molecule is C=C1CC(F)CC(F)C1. The van der Waals surface area contributed by atoms with Crippen molar-refractivity contribution in [1.29, 1.82) is 0 Å². The summed E-state index contributed by atoms with van der Waals surface area (Å²) in [6.07, 6.45) is -1.18. The van der Waals surface area contributed by atoms with Gasteiger partial charge in [-0.2, -0.15) is 0 Å². The molecule has 1 saturated carbocycles. The van der Waals surface area contributed by atoms with Crippen LogP contribution in [0.2, 0.25) is 0 Å². The largest absolute Gasteiger partial charge is 0.247 e. The van der Waals surface area contributed by atoms with Crippen LogP contribution in [-0.4, -0.2) is 12.3 Å². The summed E-state index contributed by atoms with van der Waals surface area (Å²) in [4.78, 5) is 0. The zero-order chi connectivity index (χ0) is 6.85. The highest BCUT2D eigenvalue weighted by Crippen LogP contribution is 2.26. The van der Waals surface area contributed by atoms with E-state index < -0.39 is 12.3 Å². The molecule has 52 valence electrons. The van der Waals surface area contributed by atoms with Crippen LogP contribution in [0.25, 0.3) is 0 Å². The Kier molecular flexibility index (Phi) is 1.84. The van der Waals surface area contributed by atoms with E-state index in [2.05, 4.69) is 6.58 Å². The van der Waals surface area contributed by atoms with Gasteiger partial charge in [0.1, 0.15) is 12.3 Å². The van der Waals surface area contributed by atoms with Gasteiger partial charge in [-0.3, -0.25) is 0 Å². The second-order valence-electron chi connectivity index (χ2n) is 2.59.